The van der Waals surface area contributed by atoms with Gasteiger partial charge in [-0.05, 0) is 52.6 Å². The zero-order valence-corrected chi connectivity index (χ0v) is 18.3. The Morgan fingerprint density at radius 3 is 1.82 bits per heavy atom. The summed E-state index contributed by atoms with van der Waals surface area (Å²) in [5.74, 6) is 0.0322. The van der Waals surface area contributed by atoms with Gasteiger partial charge in [-0.15, -0.1) is 0 Å². The summed E-state index contributed by atoms with van der Waals surface area (Å²) in [7, 11) is 0. The van der Waals surface area contributed by atoms with Crippen molar-refractivity contribution in [2.24, 2.45) is 0 Å². The molecule has 34 heavy (non-hydrogen) atoms. The highest BCUT2D eigenvalue weighted by molar-refractivity contribution is 6.14. The van der Waals surface area contributed by atoms with E-state index < -0.39 is 5.41 Å². The van der Waals surface area contributed by atoms with E-state index in [1.165, 1.54) is 0 Å². The lowest BCUT2D eigenvalue weighted by Gasteiger charge is -2.48. The van der Waals surface area contributed by atoms with E-state index in [2.05, 4.69) is 88.7 Å². The standard InChI is InChI=1S/C31H20N2O/c34-30-22-12-4-5-13-24(22)31(25-18-19-32-20-23(25)30)26-14-6-8-16-28(26)33(21-10-2-1-3-11-21)29-17-9-7-15-27(29)31/h1-20H. The largest absolute Gasteiger partial charge is 0.310 e. The summed E-state index contributed by atoms with van der Waals surface area (Å²) in [6, 6.07) is 37.7. The van der Waals surface area contributed by atoms with Crippen molar-refractivity contribution in [1.82, 2.24) is 4.98 Å². The number of carbonyl (C=O) groups is 1. The molecule has 1 aliphatic carbocycles. The fraction of sp³-hybridized carbons (Fsp3) is 0.0323. The number of pyridine rings is 1. The molecule has 0 amide bonds. The Kier molecular flexibility index (Phi) is 3.91. The Balaban J connectivity index is 1.69. The fourth-order valence-electron chi connectivity index (χ4n) is 5.88. The van der Waals surface area contributed by atoms with E-state index in [4.69, 9.17) is 0 Å². The molecule has 0 fully saturated rings. The molecular weight excluding hydrogens is 416 g/mol. The maximum Gasteiger partial charge on any atom is 0.195 e. The van der Waals surface area contributed by atoms with Crippen LogP contribution in [0, 0.1) is 0 Å². The molecule has 5 aromatic rings. The molecule has 1 aromatic heterocycles. The van der Waals surface area contributed by atoms with Gasteiger partial charge in [0, 0.05) is 29.2 Å². The molecule has 0 N–H and O–H groups in total. The van der Waals surface area contributed by atoms with Crippen LogP contribution in [0.15, 0.2) is 122 Å². The minimum atomic E-state index is -0.624. The Hall–Kier alpha value is -4.50. The number of hydrogen-bond acceptors (Lipinski definition) is 3. The van der Waals surface area contributed by atoms with Crippen LogP contribution in [0.5, 0.6) is 0 Å². The van der Waals surface area contributed by atoms with Crippen LogP contribution in [0.1, 0.15) is 38.2 Å². The fourth-order valence-corrected chi connectivity index (χ4v) is 5.88. The van der Waals surface area contributed by atoms with Gasteiger partial charge in [-0.3, -0.25) is 9.78 Å². The lowest BCUT2D eigenvalue weighted by atomic mass is 9.58. The van der Waals surface area contributed by atoms with Crippen molar-refractivity contribution < 1.29 is 4.79 Å². The Bertz CT molecular complexity index is 1490. The van der Waals surface area contributed by atoms with Crippen LogP contribution in [0.25, 0.3) is 0 Å². The van der Waals surface area contributed by atoms with E-state index in [9.17, 15) is 4.79 Å². The quantitative estimate of drug-likeness (QED) is 0.284. The van der Waals surface area contributed by atoms with Gasteiger partial charge < -0.3 is 4.90 Å². The molecule has 3 heteroatoms. The lowest BCUT2D eigenvalue weighted by molar-refractivity contribution is 0.103. The maximum absolute atomic E-state index is 13.6. The van der Waals surface area contributed by atoms with Gasteiger partial charge in [0.25, 0.3) is 0 Å². The first-order valence-electron chi connectivity index (χ1n) is 11.4. The highest BCUT2D eigenvalue weighted by Gasteiger charge is 2.51. The zero-order valence-electron chi connectivity index (χ0n) is 18.3. The van der Waals surface area contributed by atoms with Crippen LogP contribution in [0.2, 0.25) is 0 Å². The Labute approximate surface area is 198 Å². The molecule has 0 bridgehead atoms. The minimum absolute atomic E-state index is 0.0322. The number of aromatic nitrogens is 1. The predicted molar refractivity (Wildman–Crippen MR) is 134 cm³/mol. The van der Waals surface area contributed by atoms with Crippen molar-refractivity contribution in [1.29, 1.82) is 0 Å². The van der Waals surface area contributed by atoms with Crippen molar-refractivity contribution in [2.45, 2.75) is 5.41 Å². The number of benzene rings is 4. The summed E-state index contributed by atoms with van der Waals surface area (Å²) in [5, 5.41) is 0. The molecule has 160 valence electrons. The Morgan fingerprint density at radius 2 is 1.12 bits per heavy atom. The van der Waals surface area contributed by atoms with Gasteiger partial charge in [0.05, 0.1) is 16.8 Å². The second-order valence-electron chi connectivity index (χ2n) is 8.75. The van der Waals surface area contributed by atoms with Crippen LogP contribution in [-0.4, -0.2) is 10.8 Å². The molecule has 7 rings (SSSR count). The van der Waals surface area contributed by atoms with Crippen molar-refractivity contribution in [3.05, 3.63) is 155 Å². The smallest absolute Gasteiger partial charge is 0.195 e. The van der Waals surface area contributed by atoms with E-state index in [-0.39, 0.29) is 5.78 Å². The van der Waals surface area contributed by atoms with Gasteiger partial charge in [0.1, 0.15) is 0 Å². The number of carbonyl (C=O) groups excluding carboxylic acids is 1. The lowest BCUT2D eigenvalue weighted by Crippen LogP contribution is -2.42. The number of hydrogen-bond donors (Lipinski definition) is 0. The molecule has 0 saturated heterocycles. The third-order valence-corrected chi connectivity index (χ3v) is 7.16. The van der Waals surface area contributed by atoms with Crippen molar-refractivity contribution in [2.75, 3.05) is 4.90 Å². The molecule has 2 heterocycles. The number of ketones is 1. The van der Waals surface area contributed by atoms with E-state index in [1.807, 2.05) is 30.3 Å². The molecule has 0 saturated carbocycles. The average molecular weight is 437 g/mol. The van der Waals surface area contributed by atoms with Gasteiger partial charge in [0.2, 0.25) is 0 Å². The maximum atomic E-state index is 13.6. The summed E-state index contributed by atoms with van der Waals surface area (Å²) in [4.78, 5) is 20.3. The van der Waals surface area contributed by atoms with E-state index in [1.54, 1.807) is 12.4 Å². The molecule has 4 aromatic carbocycles. The van der Waals surface area contributed by atoms with E-state index in [0.717, 1.165) is 44.9 Å². The van der Waals surface area contributed by atoms with Crippen LogP contribution in [-0.2, 0) is 5.41 Å². The molecule has 0 unspecified atom stereocenters. The first kappa shape index (κ1) is 19.0. The summed E-state index contributed by atoms with van der Waals surface area (Å²) in [6.07, 6.45) is 3.53. The van der Waals surface area contributed by atoms with Crippen LogP contribution >= 0.6 is 0 Å². The monoisotopic (exact) mass is 436 g/mol. The van der Waals surface area contributed by atoms with E-state index >= 15 is 0 Å². The average Bonchev–Trinajstić information content (AvgIpc) is 2.91. The molecular formula is C31H20N2O. The highest BCUT2D eigenvalue weighted by atomic mass is 16.1. The molecule has 2 aliphatic rings. The van der Waals surface area contributed by atoms with Crippen molar-refractivity contribution in [3.63, 3.8) is 0 Å². The highest BCUT2D eigenvalue weighted by Crippen LogP contribution is 2.59. The SMILES string of the molecule is O=C1c2ccccc2C2(c3ccncc31)c1ccccc1N(c1ccccc1)c1ccccc12. The van der Waals surface area contributed by atoms with Crippen LogP contribution in [0.4, 0.5) is 17.1 Å². The number of rotatable bonds is 1. The Morgan fingerprint density at radius 1 is 0.559 bits per heavy atom. The molecule has 1 aliphatic heterocycles. The van der Waals surface area contributed by atoms with Crippen molar-refractivity contribution >= 4 is 22.8 Å². The zero-order chi connectivity index (χ0) is 22.7. The van der Waals surface area contributed by atoms with Gasteiger partial charge in [0.15, 0.2) is 5.78 Å². The number of anilines is 3. The summed E-state index contributed by atoms with van der Waals surface area (Å²) in [6.45, 7) is 0. The number of nitrogens with zero attached hydrogens (tertiary/aromatic N) is 2. The molecule has 0 radical (unpaired) electrons. The number of para-hydroxylation sites is 3. The number of fused-ring (bicyclic) bond motifs is 8. The van der Waals surface area contributed by atoms with E-state index in [0.29, 0.717) is 5.56 Å². The molecule has 3 nitrogen and oxygen atoms in total. The van der Waals surface area contributed by atoms with Gasteiger partial charge >= 0.3 is 0 Å². The first-order valence-corrected chi connectivity index (χ1v) is 11.4. The van der Waals surface area contributed by atoms with Gasteiger partial charge in [-0.25, -0.2) is 0 Å². The molecule has 0 atom stereocenters. The summed E-state index contributed by atoms with van der Waals surface area (Å²) >= 11 is 0. The van der Waals surface area contributed by atoms with Crippen LogP contribution in [0.3, 0.4) is 0 Å². The minimum Gasteiger partial charge on any atom is -0.310 e. The second-order valence-corrected chi connectivity index (χ2v) is 8.75. The summed E-state index contributed by atoms with van der Waals surface area (Å²) < 4.78 is 0. The second kappa shape index (κ2) is 7.00. The predicted octanol–water partition coefficient (Wildman–Crippen LogP) is 6.79. The third-order valence-electron chi connectivity index (χ3n) is 7.16. The van der Waals surface area contributed by atoms with Gasteiger partial charge in [-0.1, -0.05) is 78.9 Å². The first-order chi connectivity index (χ1) is 16.8. The van der Waals surface area contributed by atoms with Crippen molar-refractivity contribution in [3.8, 4) is 0 Å². The summed E-state index contributed by atoms with van der Waals surface area (Å²) in [5.41, 5.74) is 8.42. The van der Waals surface area contributed by atoms with Gasteiger partial charge in [-0.2, -0.15) is 0 Å². The topological polar surface area (TPSA) is 33.2 Å². The third kappa shape index (κ3) is 2.31. The molecule has 1 spiro atoms. The normalized spacial score (nSPS) is 14.7. The van der Waals surface area contributed by atoms with Crippen LogP contribution < -0.4 is 4.90 Å².